The van der Waals surface area contributed by atoms with Gasteiger partial charge in [0.25, 0.3) is 0 Å². The molecule has 2 unspecified atom stereocenters. The second-order valence-electron chi connectivity index (χ2n) is 5.96. The van der Waals surface area contributed by atoms with Crippen molar-refractivity contribution in [3.8, 4) is 0 Å². The minimum Gasteiger partial charge on any atom is -0.480 e. The number of sulfone groups is 1. The Bertz CT molecular complexity index is 499. The van der Waals surface area contributed by atoms with Gasteiger partial charge in [0.2, 0.25) is 5.91 Å². The fourth-order valence-electron chi connectivity index (χ4n) is 3.03. The number of rotatable bonds is 5. The van der Waals surface area contributed by atoms with Crippen LogP contribution in [0.1, 0.15) is 39.0 Å². The predicted octanol–water partition coefficient (Wildman–Crippen LogP) is 0.571. The summed E-state index contributed by atoms with van der Waals surface area (Å²) in [5, 5.41) is 11.6. The van der Waals surface area contributed by atoms with Crippen LogP contribution in [0.15, 0.2) is 0 Å². The second-order valence-corrected chi connectivity index (χ2v) is 8.26. The van der Waals surface area contributed by atoms with Crippen molar-refractivity contribution in [2.75, 3.05) is 11.5 Å². The van der Waals surface area contributed by atoms with E-state index in [0.29, 0.717) is 32.1 Å². The van der Waals surface area contributed by atoms with E-state index in [1.807, 2.05) is 6.92 Å². The van der Waals surface area contributed by atoms with Gasteiger partial charge in [0, 0.05) is 5.92 Å². The lowest BCUT2D eigenvalue weighted by Crippen LogP contribution is -2.42. The van der Waals surface area contributed by atoms with Gasteiger partial charge >= 0.3 is 5.97 Å². The van der Waals surface area contributed by atoms with E-state index in [1.165, 1.54) is 0 Å². The van der Waals surface area contributed by atoms with Crippen molar-refractivity contribution >= 4 is 21.7 Å². The molecule has 1 saturated heterocycles. The molecule has 1 aliphatic carbocycles. The topological polar surface area (TPSA) is 101 Å². The summed E-state index contributed by atoms with van der Waals surface area (Å²) in [6.07, 6.45) is 2.84. The van der Waals surface area contributed by atoms with Gasteiger partial charge in [-0.05, 0) is 31.1 Å². The van der Waals surface area contributed by atoms with Crippen LogP contribution in [0, 0.1) is 11.3 Å². The molecule has 2 aliphatic rings. The molecule has 2 atom stereocenters. The minimum atomic E-state index is -2.93. The average molecular weight is 303 g/mol. The van der Waals surface area contributed by atoms with E-state index >= 15 is 0 Å². The average Bonchev–Trinajstić information content (AvgIpc) is 3.08. The smallest absolute Gasteiger partial charge is 0.326 e. The van der Waals surface area contributed by atoms with Gasteiger partial charge in [-0.25, -0.2) is 13.2 Å². The van der Waals surface area contributed by atoms with E-state index in [1.54, 1.807) is 0 Å². The van der Waals surface area contributed by atoms with Gasteiger partial charge < -0.3 is 10.4 Å². The minimum absolute atomic E-state index is 0.147. The van der Waals surface area contributed by atoms with E-state index < -0.39 is 21.8 Å². The van der Waals surface area contributed by atoms with Crippen molar-refractivity contribution in [3.05, 3.63) is 0 Å². The maximum absolute atomic E-state index is 12.1. The molecule has 20 heavy (non-hydrogen) atoms. The van der Waals surface area contributed by atoms with Gasteiger partial charge in [-0.15, -0.1) is 0 Å². The Kier molecular flexibility index (Phi) is 4.09. The zero-order valence-electron chi connectivity index (χ0n) is 11.6. The Morgan fingerprint density at radius 1 is 1.35 bits per heavy atom. The first-order valence-electron chi connectivity index (χ1n) is 7.03. The van der Waals surface area contributed by atoms with Crippen molar-refractivity contribution in [1.29, 1.82) is 0 Å². The molecule has 2 fully saturated rings. The molecule has 7 heteroatoms. The summed E-state index contributed by atoms with van der Waals surface area (Å²) in [6, 6.07) is -0.836. The number of carbonyl (C=O) groups excluding carboxylic acids is 1. The van der Waals surface area contributed by atoms with Gasteiger partial charge in [-0.1, -0.05) is 13.3 Å². The summed E-state index contributed by atoms with van der Waals surface area (Å²) in [6.45, 7) is 1.87. The molecule has 6 nitrogen and oxygen atoms in total. The summed E-state index contributed by atoms with van der Waals surface area (Å²) in [5.74, 6) is -1.16. The predicted molar refractivity (Wildman–Crippen MR) is 72.9 cm³/mol. The third kappa shape index (κ3) is 3.13. The lowest BCUT2D eigenvalue weighted by molar-refractivity contribution is -0.142. The van der Waals surface area contributed by atoms with Gasteiger partial charge in [0.05, 0.1) is 11.5 Å². The maximum atomic E-state index is 12.1. The molecule has 1 heterocycles. The molecule has 0 aromatic carbocycles. The van der Waals surface area contributed by atoms with E-state index in [4.69, 9.17) is 5.11 Å². The van der Waals surface area contributed by atoms with Crippen molar-refractivity contribution in [1.82, 2.24) is 5.32 Å². The summed E-state index contributed by atoms with van der Waals surface area (Å²) in [4.78, 5) is 23.1. The summed E-state index contributed by atoms with van der Waals surface area (Å²) < 4.78 is 22.8. The number of carboxylic acid groups (broad SMARTS) is 1. The van der Waals surface area contributed by atoms with Crippen LogP contribution in [0.2, 0.25) is 0 Å². The molecule has 1 spiro atoms. The van der Waals surface area contributed by atoms with Crippen LogP contribution in [0.4, 0.5) is 0 Å². The molecule has 1 aliphatic heterocycles. The highest BCUT2D eigenvalue weighted by atomic mass is 32.2. The van der Waals surface area contributed by atoms with E-state index in [9.17, 15) is 18.0 Å². The molecule has 0 radical (unpaired) electrons. The zero-order chi connectivity index (χ0) is 15.0. The van der Waals surface area contributed by atoms with E-state index in [0.717, 1.165) is 0 Å². The van der Waals surface area contributed by atoms with Crippen molar-refractivity contribution in [2.45, 2.75) is 45.1 Å². The summed E-state index contributed by atoms with van der Waals surface area (Å²) >= 11 is 0. The monoisotopic (exact) mass is 303 g/mol. The SMILES string of the molecule is CCCC(NC(=O)C1CC12CCS(=O)(=O)CC2)C(=O)O. The number of aliphatic carboxylic acids is 1. The molecule has 0 aromatic rings. The zero-order valence-corrected chi connectivity index (χ0v) is 12.4. The third-order valence-electron chi connectivity index (χ3n) is 4.52. The molecular weight excluding hydrogens is 282 g/mol. The fraction of sp³-hybridized carbons (Fsp3) is 0.846. The Hall–Kier alpha value is -1.11. The number of nitrogens with one attached hydrogen (secondary N) is 1. The highest BCUT2D eigenvalue weighted by Crippen LogP contribution is 2.59. The second kappa shape index (κ2) is 5.35. The van der Waals surface area contributed by atoms with Crippen molar-refractivity contribution in [3.63, 3.8) is 0 Å². The number of amides is 1. The molecule has 1 amide bonds. The Morgan fingerprint density at radius 3 is 2.45 bits per heavy atom. The van der Waals surface area contributed by atoms with E-state index in [2.05, 4.69) is 5.32 Å². The molecular formula is C13H21NO5S. The summed E-state index contributed by atoms with van der Waals surface area (Å²) in [7, 11) is -2.93. The molecule has 2 rings (SSSR count). The van der Waals surface area contributed by atoms with Crippen LogP contribution in [0.25, 0.3) is 0 Å². The molecule has 2 N–H and O–H groups in total. The van der Waals surface area contributed by atoms with E-state index in [-0.39, 0.29) is 28.7 Å². The summed E-state index contributed by atoms with van der Waals surface area (Å²) in [5.41, 5.74) is -0.190. The molecule has 1 saturated carbocycles. The third-order valence-corrected chi connectivity index (χ3v) is 6.17. The first-order valence-corrected chi connectivity index (χ1v) is 8.85. The van der Waals surface area contributed by atoms with Gasteiger partial charge in [-0.3, -0.25) is 4.79 Å². The Labute approximate surface area is 118 Å². The standard InChI is InChI=1S/C13H21NO5S/c1-2-3-10(12(16)17)14-11(15)9-8-13(9)4-6-20(18,19)7-5-13/h9-10H,2-8H2,1H3,(H,14,15)(H,16,17). The Morgan fingerprint density at radius 2 is 1.95 bits per heavy atom. The number of hydrogen-bond acceptors (Lipinski definition) is 4. The largest absolute Gasteiger partial charge is 0.480 e. The highest BCUT2D eigenvalue weighted by molar-refractivity contribution is 7.91. The number of carboxylic acids is 1. The molecule has 0 aromatic heterocycles. The highest BCUT2D eigenvalue weighted by Gasteiger charge is 2.59. The van der Waals surface area contributed by atoms with Crippen LogP contribution < -0.4 is 5.32 Å². The van der Waals surface area contributed by atoms with Crippen LogP contribution >= 0.6 is 0 Å². The Balaban J connectivity index is 1.91. The maximum Gasteiger partial charge on any atom is 0.326 e. The van der Waals surface area contributed by atoms with Gasteiger partial charge in [0.1, 0.15) is 15.9 Å². The van der Waals surface area contributed by atoms with Gasteiger partial charge in [0.15, 0.2) is 0 Å². The number of carbonyl (C=O) groups is 2. The van der Waals surface area contributed by atoms with Crippen LogP contribution in [-0.2, 0) is 19.4 Å². The molecule has 0 bridgehead atoms. The quantitative estimate of drug-likeness (QED) is 0.773. The lowest BCUT2D eigenvalue weighted by atomic mass is 9.96. The van der Waals surface area contributed by atoms with Crippen LogP contribution in [0.5, 0.6) is 0 Å². The first-order chi connectivity index (χ1) is 9.30. The van der Waals surface area contributed by atoms with Crippen molar-refractivity contribution in [2.24, 2.45) is 11.3 Å². The first kappa shape index (κ1) is 15.3. The van der Waals surface area contributed by atoms with Gasteiger partial charge in [-0.2, -0.15) is 0 Å². The normalized spacial score (nSPS) is 27.8. The molecule has 114 valence electrons. The number of hydrogen-bond donors (Lipinski definition) is 2. The van der Waals surface area contributed by atoms with Crippen molar-refractivity contribution < 1.29 is 23.1 Å². The lowest BCUT2D eigenvalue weighted by Gasteiger charge is -2.23. The fourth-order valence-corrected chi connectivity index (χ4v) is 4.67. The van der Waals surface area contributed by atoms with Crippen LogP contribution in [0.3, 0.4) is 0 Å². The van der Waals surface area contributed by atoms with Crippen LogP contribution in [-0.4, -0.2) is 42.9 Å².